The normalized spacial score (nSPS) is 26.5. The SMILES string of the molecule is C=C1NC(N)=Nc2c1ncn2[C@H]1CNC[C@@H](COP(=O)(N(C)C)N2C[C@@H](COP(=O)(N(C)C)N3C[C@@H](COP(=O)(N(C)C)N4C[C@@H](COP(=O)(N(C)C)N5C[C@@H](COP(=O)(C(C)C)N(C)C)O[C@@H](n6cc(C)c(=O)[nH]c6=O)C5)O[C@@H](n5ccc(N)nc5=O)C4)O[C@@H](n4cc(C)c(=O)[nH]c4=O)C3)O[C@@H](n3cnc4c(N)ncnc43)C2)O1. The number of imidazole rings is 2. The fourth-order valence-corrected chi connectivity index (χ4v) is 23.8. The van der Waals surface area contributed by atoms with E-state index in [4.69, 9.17) is 63.5 Å². The van der Waals surface area contributed by atoms with E-state index in [0.29, 0.717) is 30.3 Å². The number of aliphatic imine (C=N–C) groups is 1. The lowest BCUT2D eigenvalue weighted by Gasteiger charge is -2.46. The Labute approximate surface area is 660 Å². The number of anilines is 2. The second kappa shape index (κ2) is 35.1. The van der Waals surface area contributed by atoms with Gasteiger partial charge in [-0.25, -0.2) is 76.4 Å². The number of hydrogen-bond donors (Lipinski definition) is 7. The van der Waals surface area contributed by atoms with Crippen LogP contribution in [0.4, 0.5) is 17.5 Å². The van der Waals surface area contributed by atoms with Crippen LogP contribution in [0, 0.1) is 13.8 Å². The molecule has 10 N–H and O–H groups in total. The molecular weight excluding hydrogens is 1610 g/mol. The minimum absolute atomic E-state index is 0.0851. The number of nitrogens with one attached hydrogen (secondary N) is 4. The summed E-state index contributed by atoms with van der Waals surface area (Å²) >= 11 is 0. The van der Waals surface area contributed by atoms with Crippen molar-refractivity contribution in [2.45, 2.75) is 95.0 Å². The van der Waals surface area contributed by atoms with Gasteiger partial charge in [0.1, 0.15) is 35.8 Å². The summed E-state index contributed by atoms with van der Waals surface area (Å²) in [4.78, 5) is 97.3. The van der Waals surface area contributed by atoms with E-state index in [2.05, 4.69) is 57.1 Å². The Hall–Kier alpha value is -7.04. The van der Waals surface area contributed by atoms with Crippen molar-refractivity contribution in [2.24, 2.45) is 10.7 Å². The summed E-state index contributed by atoms with van der Waals surface area (Å²) in [5, 5.41) is 6.24. The maximum absolute atomic E-state index is 16.3. The van der Waals surface area contributed by atoms with E-state index in [-0.39, 0.29) is 105 Å². The van der Waals surface area contributed by atoms with E-state index in [1.165, 1.54) is 131 Å². The molecule has 5 saturated heterocycles. The van der Waals surface area contributed by atoms with Crippen LogP contribution in [0.25, 0.3) is 16.9 Å². The van der Waals surface area contributed by atoms with Crippen LogP contribution in [0.1, 0.15) is 61.8 Å². The second-order valence-corrected chi connectivity index (χ2v) is 43.2. The van der Waals surface area contributed by atoms with Gasteiger partial charge in [-0.05, 0) is 90.4 Å². The zero-order valence-electron chi connectivity index (χ0n) is 66.3. The van der Waals surface area contributed by atoms with E-state index >= 15 is 18.3 Å². The summed E-state index contributed by atoms with van der Waals surface area (Å²) in [6.07, 6.45) is -2.57. The maximum Gasteiger partial charge on any atom is 0.351 e. The number of guanidine groups is 1. The van der Waals surface area contributed by atoms with E-state index in [1.807, 2.05) is 0 Å². The Kier molecular flexibility index (Phi) is 26.6. The van der Waals surface area contributed by atoms with Gasteiger partial charge in [-0.1, -0.05) is 20.4 Å². The standard InChI is InChI=1S/C63H102N27O20P5/c1-38(2)111(96,77(6)7)101-31-43-22-83(27-50(108-43)87-20-39(3)58(91)75-62(87)94)114(99,80(12)13)103-32-44-23-82(26-49(107-44)86-17-16-47(64)73-61(86)93)113(98,79(10)11)104-33-45-24-84(28-51(109-45)88-21-40(4)59(92)76-63(88)95)115(100,81(14)15)105-34-46-25-85(29-52(110-46)90-37-71-54-55(65)68-35-69-56(54)90)112(97,78(8)9)102-30-42-18-67-19-48(106-42)89-36-70-53-41(5)72-60(66)74-57(53)89/h16-17,20-21,35-38,42-46,48-52,67H,5,18-19,22-34H2,1-4,6-15H3,(H2,64,73,93)(H2,65,68,69)(H3,66,72,74)(H,75,91,94)(H,76,92,95)/t42-,43-,44-,45-,46-,48+,49+,50+,51+,52+,111?,112?,113?,114?,115?/m0/s1. The number of ether oxygens (including phenoxy) is 5. The van der Waals surface area contributed by atoms with E-state index in [9.17, 15) is 28.5 Å². The van der Waals surface area contributed by atoms with Gasteiger partial charge in [0.05, 0.1) is 108 Å². The Balaban J connectivity index is 0.812. The molecule has 0 saturated carbocycles. The highest BCUT2D eigenvalue weighted by atomic mass is 31.2. The first kappa shape index (κ1) is 87.3. The number of aryl methyl sites for hydroxylation is 2. The topological polar surface area (TPSA) is 527 Å². The van der Waals surface area contributed by atoms with Crippen molar-refractivity contribution in [3.8, 4) is 0 Å². The van der Waals surface area contributed by atoms with Crippen LogP contribution in [0.2, 0.25) is 0 Å². The van der Waals surface area contributed by atoms with Crippen molar-refractivity contribution in [2.75, 3.05) is 180 Å². The lowest BCUT2D eigenvalue weighted by molar-refractivity contribution is -0.132. The molecule has 0 bridgehead atoms. The minimum Gasteiger partial charge on any atom is -0.383 e. The number of aromatic amines is 2. The number of morpholine rings is 5. The molecule has 5 fully saturated rings. The van der Waals surface area contributed by atoms with Crippen molar-refractivity contribution in [1.82, 2.24) is 110 Å². The van der Waals surface area contributed by atoms with Gasteiger partial charge in [-0.15, -0.1) is 0 Å². The van der Waals surface area contributed by atoms with Crippen molar-refractivity contribution in [3.05, 3.63) is 119 Å². The second-order valence-electron chi connectivity index (χ2n) is 29.6. The lowest BCUT2D eigenvalue weighted by Crippen LogP contribution is -2.52. The monoisotopic (exact) mass is 1710 g/mol. The summed E-state index contributed by atoms with van der Waals surface area (Å²) in [5.74, 6) is 0.540. The molecule has 0 spiro atoms. The number of hydrogen-bond acceptors (Lipinski definition) is 31. The van der Waals surface area contributed by atoms with Gasteiger partial charge in [-0.3, -0.25) is 65.2 Å². The molecule has 12 rings (SSSR count). The van der Waals surface area contributed by atoms with Gasteiger partial charge in [0, 0.05) is 74.6 Å². The van der Waals surface area contributed by atoms with Gasteiger partial charge < -0.3 is 74.1 Å². The number of nitrogens with zero attached hydrogens (tertiary/aromatic N) is 20. The highest BCUT2D eigenvalue weighted by Crippen LogP contribution is 2.60. The first-order chi connectivity index (χ1) is 54.2. The molecule has 115 heavy (non-hydrogen) atoms. The van der Waals surface area contributed by atoms with Gasteiger partial charge in [0.2, 0.25) is 0 Å². The van der Waals surface area contributed by atoms with Gasteiger partial charge in [-0.2, -0.15) is 9.98 Å². The molecule has 0 aromatic carbocycles. The molecule has 0 radical (unpaired) electrons. The van der Waals surface area contributed by atoms with E-state index in [1.54, 1.807) is 62.2 Å². The van der Waals surface area contributed by atoms with Crippen LogP contribution in [-0.2, 0) is 69.1 Å². The van der Waals surface area contributed by atoms with Crippen LogP contribution in [-0.4, -0.2) is 311 Å². The molecule has 0 amide bonds. The molecule has 47 nitrogen and oxygen atoms in total. The number of H-pyrrole nitrogens is 2. The first-order valence-electron chi connectivity index (χ1n) is 36.6. The molecule has 6 aliphatic rings. The fraction of sp³-hybridized carbons (Fsp3) is 0.635. The van der Waals surface area contributed by atoms with Crippen molar-refractivity contribution in [3.63, 3.8) is 0 Å². The summed E-state index contributed by atoms with van der Waals surface area (Å²) in [5.41, 5.74) is 15.8. The number of rotatable bonds is 30. The Morgan fingerprint density at radius 2 is 0.939 bits per heavy atom. The predicted octanol–water partition coefficient (Wildman–Crippen LogP) is 0.591. The molecule has 12 heterocycles. The number of nitrogen functional groups attached to an aromatic ring is 2. The van der Waals surface area contributed by atoms with Gasteiger partial charge >= 0.3 is 47.8 Å². The minimum atomic E-state index is -4.46. The quantitative estimate of drug-likeness (QED) is 0.0303. The zero-order valence-corrected chi connectivity index (χ0v) is 70.8. The smallest absolute Gasteiger partial charge is 0.351 e. The number of aromatic nitrogens is 12. The predicted molar refractivity (Wildman–Crippen MR) is 421 cm³/mol. The lowest BCUT2D eigenvalue weighted by atomic mass is 10.3. The molecule has 6 aromatic rings. The molecule has 6 aromatic heterocycles. The van der Waals surface area contributed by atoms with Gasteiger partial charge in [0.15, 0.2) is 41.9 Å². The molecule has 5 unspecified atom stereocenters. The van der Waals surface area contributed by atoms with Crippen molar-refractivity contribution in [1.29, 1.82) is 0 Å². The van der Waals surface area contributed by atoms with Crippen LogP contribution < -0.4 is 56.0 Å². The van der Waals surface area contributed by atoms with Crippen LogP contribution in [0.3, 0.4) is 0 Å². The summed E-state index contributed by atoms with van der Waals surface area (Å²) < 4.78 is 164. The fourth-order valence-electron chi connectivity index (χ4n) is 14.0. The molecule has 15 atom stereocenters. The Bertz CT molecular complexity index is 5150. The third kappa shape index (κ3) is 18.3. The first-order valence-corrected chi connectivity index (χ1v) is 44.4. The number of nitrogens with two attached hydrogens (primary N) is 3. The Morgan fingerprint density at radius 3 is 1.37 bits per heavy atom. The van der Waals surface area contributed by atoms with Crippen molar-refractivity contribution < 1.29 is 69.1 Å². The summed E-state index contributed by atoms with van der Waals surface area (Å²) in [6.45, 7) is 7.16. The van der Waals surface area contributed by atoms with Gasteiger partial charge in [0.25, 0.3) is 18.6 Å². The molecule has 52 heteroatoms. The highest BCUT2D eigenvalue weighted by Gasteiger charge is 2.51. The molecular formula is C63H102N27O20P5. The third-order valence-electron chi connectivity index (χ3n) is 20.0. The van der Waals surface area contributed by atoms with Crippen LogP contribution in [0.15, 0.2) is 79.2 Å². The highest BCUT2D eigenvalue weighted by molar-refractivity contribution is 7.57. The largest absolute Gasteiger partial charge is 0.383 e. The molecule has 634 valence electrons. The molecule has 6 aliphatic heterocycles. The van der Waals surface area contributed by atoms with Crippen molar-refractivity contribution >= 4 is 78.5 Å². The third-order valence-corrected chi connectivity index (χ3v) is 33.1. The maximum atomic E-state index is 16.3. The summed E-state index contributed by atoms with van der Waals surface area (Å²) in [7, 11) is -5.35. The van der Waals surface area contributed by atoms with E-state index < -0.39 is 154 Å². The zero-order chi connectivity index (χ0) is 83.3. The molecule has 0 aliphatic carbocycles. The van der Waals surface area contributed by atoms with E-state index in [0.717, 1.165) is 13.7 Å². The summed E-state index contributed by atoms with van der Waals surface area (Å²) in [6, 6.07) is 1.36. The average Bonchev–Trinajstić information content (AvgIpc) is 1.64. The van der Waals surface area contributed by atoms with Crippen LogP contribution in [0.5, 0.6) is 0 Å². The number of fused-ring (bicyclic) bond motifs is 2. The average molecular weight is 1710 g/mol. The Morgan fingerprint density at radius 1 is 0.522 bits per heavy atom. The van der Waals surface area contributed by atoms with Crippen LogP contribution >= 0.6 is 38.2 Å².